The Balaban J connectivity index is 1.91. The number of likely N-dealkylation sites (N-methyl/N-ethyl adjacent to an activating group) is 1. The van der Waals surface area contributed by atoms with Crippen molar-refractivity contribution in [3.05, 3.63) is 39.9 Å². The van der Waals surface area contributed by atoms with E-state index in [0.29, 0.717) is 12.6 Å². The van der Waals surface area contributed by atoms with Gasteiger partial charge >= 0.3 is 0 Å². The average Bonchev–Trinajstić information content (AvgIpc) is 3.17. The maximum Gasteiger partial charge on any atom is 0.269 e. The molecule has 0 spiro atoms. The summed E-state index contributed by atoms with van der Waals surface area (Å²) in [6.07, 6.45) is 3.37. The lowest BCUT2D eigenvalue weighted by Gasteiger charge is -2.24. The SMILES string of the molecule is CCOCCCNC(=NCc1ccc([N+](=O)[O-])cc1)NCC1CCCN1CC. The van der Waals surface area contributed by atoms with Crippen LogP contribution in [-0.2, 0) is 11.3 Å². The molecule has 1 aliphatic heterocycles. The fourth-order valence-corrected chi connectivity index (χ4v) is 3.35. The third kappa shape index (κ3) is 7.44. The summed E-state index contributed by atoms with van der Waals surface area (Å²) in [5.41, 5.74) is 1.04. The zero-order chi connectivity index (χ0) is 20.2. The van der Waals surface area contributed by atoms with Crippen molar-refractivity contribution in [2.45, 2.75) is 45.7 Å². The Morgan fingerprint density at radius 1 is 1.32 bits per heavy atom. The van der Waals surface area contributed by atoms with Crippen LogP contribution in [0.4, 0.5) is 5.69 Å². The van der Waals surface area contributed by atoms with Crippen LogP contribution in [0.3, 0.4) is 0 Å². The predicted octanol–water partition coefficient (Wildman–Crippen LogP) is 2.54. The maximum absolute atomic E-state index is 10.8. The molecule has 1 heterocycles. The van der Waals surface area contributed by atoms with Crippen LogP contribution < -0.4 is 10.6 Å². The van der Waals surface area contributed by atoms with Crippen LogP contribution >= 0.6 is 0 Å². The van der Waals surface area contributed by atoms with Gasteiger partial charge in [0.15, 0.2) is 5.96 Å². The second kappa shape index (κ2) is 12.3. The summed E-state index contributed by atoms with van der Waals surface area (Å²) in [6.45, 7) is 10.0. The Labute approximate surface area is 167 Å². The van der Waals surface area contributed by atoms with Gasteiger partial charge in [-0.15, -0.1) is 0 Å². The second-order valence-electron chi connectivity index (χ2n) is 6.87. The second-order valence-corrected chi connectivity index (χ2v) is 6.87. The van der Waals surface area contributed by atoms with Crippen molar-refractivity contribution in [3.63, 3.8) is 0 Å². The van der Waals surface area contributed by atoms with Gasteiger partial charge in [-0.2, -0.15) is 0 Å². The first kappa shape index (κ1) is 22.1. The van der Waals surface area contributed by atoms with Gasteiger partial charge in [0.05, 0.1) is 11.5 Å². The first-order valence-electron chi connectivity index (χ1n) is 10.2. The van der Waals surface area contributed by atoms with Crippen molar-refractivity contribution in [1.82, 2.24) is 15.5 Å². The fraction of sp³-hybridized carbons (Fsp3) is 0.650. The van der Waals surface area contributed by atoms with E-state index in [2.05, 4.69) is 27.4 Å². The Morgan fingerprint density at radius 3 is 2.79 bits per heavy atom. The number of benzene rings is 1. The molecule has 1 aromatic rings. The molecule has 0 aromatic heterocycles. The van der Waals surface area contributed by atoms with Gasteiger partial charge in [0.25, 0.3) is 5.69 Å². The number of nitro benzene ring substituents is 1. The number of guanidine groups is 1. The molecule has 0 bridgehead atoms. The monoisotopic (exact) mass is 391 g/mol. The van der Waals surface area contributed by atoms with Crippen molar-refractivity contribution in [1.29, 1.82) is 0 Å². The van der Waals surface area contributed by atoms with E-state index in [-0.39, 0.29) is 10.6 Å². The summed E-state index contributed by atoms with van der Waals surface area (Å²) in [5.74, 6) is 0.776. The number of ether oxygens (including phenoxy) is 1. The minimum atomic E-state index is -0.388. The summed E-state index contributed by atoms with van der Waals surface area (Å²) in [5, 5.41) is 17.6. The van der Waals surface area contributed by atoms with Gasteiger partial charge in [-0.05, 0) is 44.8 Å². The van der Waals surface area contributed by atoms with Gasteiger partial charge < -0.3 is 15.4 Å². The number of hydrogen-bond donors (Lipinski definition) is 2. The quantitative estimate of drug-likeness (QED) is 0.198. The summed E-state index contributed by atoms with van der Waals surface area (Å²) in [7, 11) is 0. The van der Waals surface area contributed by atoms with E-state index in [1.54, 1.807) is 12.1 Å². The van der Waals surface area contributed by atoms with Crippen LogP contribution in [0.2, 0.25) is 0 Å². The zero-order valence-electron chi connectivity index (χ0n) is 17.0. The minimum absolute atomic E-state index is 0.0982. The van der Waals surface area contributed by atoms with E-state index in [4.69, 9.17) is 4.74 Å². The number of nitrogens with zero attached hydrogens (tertiary/aromatic N) is 3. The third-order valence-corrected chi connectivity index (χ3v) is 4.94. The van der Waals surface area contributed by atoms with Gasteiger partial charge in [-0.25, -0.2) is 4.99 Å². The van der Waals surface area contributed by atoms with Gasteiger partial charge in [0, 0.05) is 44.5 Å². The van der Waals surface area contributed by atoms with Gasteiger partial charge in [0.1, 0.15) is 0 Å². The van der Waals surface area contributed by atoms with Gasteiger partial charge in [-0.3, -0.25) is 15.0 Å². The first-order chi connectivity index (χ1) is 13.6. The molecule has 0 saturated carbocycles. The molecule has 1 atom stereocenters. The number of nitrogens with one attached hydrogen (secondary N) is 2. The number of nitro groups is 1. The number of aliphatic imine (C=N–C) groups is 1. The minimum Gasteiger partial charge on any atom is -0.382 e. The zero-order valence-corrected chi connectivity index (χ0v) is 17.0. The molecule has 28 heavy (non-hydrogen) atoms. The van der Waals surface area contributed by atoms with Crippen LogP contribution in [0, 0.1) is 10.1 Å². The highest BCUT2D eigenvalue weighted by molar-refractivity contribution is 5.79. The van der Waals surface area contributed by atoms with E-state index in [1.165, 1.54) is 31.5 Å². The lowest BCUT2D eigenvalue weighted by atomic mass is 10.2. The average molecular weight is 392 g/mol. The highest BCUT2D eigenvalue weighted by Gasteiger charge is 2.22. The maximum atomic E-state index is 10.8. The van der Waals surface area contributed by atoms with E-state index in [0.717, 1.165) is 50.8 Å². The molecule has 0 radical (unpaired) electrons. The lowest BCUT2D eigenvalue weighted by Crippen LogP contribution is -2.45. The summed E-state index contributed by atoms with van der Waals surface area (Å²) in [6, 6.07) is 7.09. The van der Waals surface area contributed by atoms with Crippen LogP contribution in [0.1, 0.15) is 38.7 Å². The normalized spacial score (nSPS) is 17.6. The third-order valence-electron chi connectivity index (χ3n) is 4.94. The van der Waals surface area contributed by atoms with Gasteiger partial charge in [-0.1, -0.05) is 19.1 Å². The lowest BCUT2D eigenvalue weighted by molar-refractivity contribution is -0.384. The topological polar surface area (TPSA) is 92.0 Å². The Kier molecular flexibility index (Phi) is 9.71. The Bertz CT molecular complexity index is 621. The molecule has 1 aliphatic rings. The van der Waals surface area contributed by atoms with Crippen LogP contribution in [0.5, 0.6) is 0 Å². The van der Waals surface area contributed by atoms with E-state index < -0.39 is 0 Å². The molecule has 1 aromatic carbocycles. The fourth-order valence-electron chi connectivity index (χ4n) is 3.35. The number of rotatable bonds is 11. The molecule has 0 aliphatic carbocycles. The molecule has 2 N–H and O–H groups in total. The Morgan fingerprint density at radius 2 is 2.11 bits per heavy atom. The van der Waals surface area contributed by atoms with Crippen LogP contribution in [-0.4, -0.2) is 61.2 Å². The smallest absolute Gasteiger partial charge is 0.269 e. The summed E-state index contributed by atoms with van der Waals surface area (Å²) in [4.78, 5) is 17.5. The highest BCUT2D eigenvalue weighted by atomic mass is 16.6. The molecule has 1 fully saturated rings. The molecule has 8 heteroatoms. The van der Waals surface area contributed by atoms with E-state index in [1.807, 2.05) is 6.92 Å². The molecule has 156 valence electrons. The summed E-state index contributed by atoms with van der Waals surface area (Å²) < 4.78 is 5.38. The molecule has 8 nitrogen and oxygen atoms in total. The predicted molar refractivity (Wildman–Crippen MR) is 112 cm³/mol. The number of non-ortho nitro benzene ring substituents is 1. The van der Waals surface area contributed by atoms with Crippen molar-refractivity contribution in [2.24, 2.45) is 4.99 Å². The number of likely N-dealkylation sites (tertiary alicyclic amines) is 1. The standard InChI is InChI=1S/C20H33N5O3/c1-3-24-13-5-7-19(24)16-23-20(21-12-6-14-28-4-2)22-15-17-8-10-18(11-9-17)25(26)27/h8-11,19H,3-7,12-16H2,1-2H3,(H2,21,22,23). The highest BCUT2D eigenvalue weighted by Crippen LogP contribution is 2.15. The molecule has 0 amide bonds. The van der Waals surface area contributed by atoms with Crippen molar-refractivity contribution < 1.29 is 9.66 Å². The van der Waals surface area contributed by atoms with Crippen LogP contribution in [0.25, 0.3) is 0 Å². The molecular weight excluding hydrogens is 358 g/mol. The van der Waals surface area contributed by atoms with Crippen molar-refractivity contribution in [2.75, 3.05) is 39.4 Å². The van der Waals surface area contributed by atoms with E-state index >= 15 is 0 Å². The largest absolute Gasteiger partial charge is 0.382 e. The summed E-state index contributed by atoms with van der Waals surface area (Å²) >= 11 is 0. The Hall–Kier alpha value is -2.19. The first-order valence-corrected chi connectivity index (χ1v) is 10.2. The molecule has 1 saturated heterocycles. The van der Waals surface area contributed by atoms with Gasteiger partial charge in [0.2, 0.25) is 0 Å². The molecule has 1 unspecified atom stereocenters. The van der Waals surface area contributed by atoms with Crippen LogP contribution in [0.15, 0.2) is 29.3 Å². The van der Waals surface area contributed by atoms with Crippen molar-refractivity contribution in [3.8, 4) is 0 Å². The van der Waals surface area contributed by atoms with Crippen molar-refractivity contribution >= 4 is 11.6 Å². The van der Waals surface area contributed by atoms with E-state index in [9.17, 15) is 10.1 Å². The molecular formula is C20H33N5O3. The number of hydrogen-bond acceptors (Lipinski definition) is 5. The molecule has 2 rings (SSSR count).